The van der Waals surface area contributed by atoms with E-state index in [1.165, 1.54) is 12.7 Å². The van der Waals surface area contributed by atoms with Crippen LogP contribution in [0.15, 0.2) is 47.2 Å². The average molecular weight is 303 g/mol. The highest BCUT2D eigenvalue weighted by atomic mass is 32.1. The maximum absolute atomic E-state index is 12.0. The summed E-state index contributed by atoms with van der Waals surface area (Å²) in [6.07, 6.45) is 0.964. The van der Waals surface area contributed by atoms with Gasteiger partial charge in [0.15, 0.2) is 0 Å². The lowest BCUT2D eigenvalue weighted by molar-refractivity contribution is -0.142. The van der Waals surface area contributed by atoms with E-state index in [9.17, 15) is 4.79 Å². The second kappa shape index (κ2) is 7.96. The number of nitrogens with one attached hydrogen (secondary N) is 1. The predicted octanol–water partition coefficient (Wildman–Crippen LogP) is 3.23. The molecule has 0 aliphatic carbocycles. The second-order valence-electron chi connectivity index (χ2n) is 5.13. The van der Waals surface area contributed by atoms with Gasteiger partial charge in [0.05, 0.1) is 13.0 Å². The molecule has 2 aromatic rings. The van der Waals surface area contributed by atoms with E-state index >= 15 is 0 Å². The molecule has 1 aromatic heterocycles. The molecule has 2 rings (SSSR count). The number of carbonyl (C=O) groups is 1. The standard InChI is InChI=1S/C17H21NO2S/c1-13(10-14-8-9-21-12-14)18-11-16(17(19)20-2)15-6-4-3-5-7-15/h3-9,12-13,16,18H,10-11H2,1-2H3. The van der Waals surface area contributed by atoms with Crippen LogP contribution in [0.4, 0.5) is 0 Å². The maximum Gasteiger partial charge on any atom is 0.314 e. The Hall–Kier alpha value is -1.65. The molecule has 1 N–H and O–H groups in total. The summed E-state index contributed by atoms with van der Waals surface area (Å²) in [6.45, 7) is 2.72. The SMILES string of the molecule is COC(=O)C(CNC(C)Cc1ccsc1)c1ccccc1. The van der Waals surface area contributed by atoms with Crippen molar-refractivity contribution in [1.82, 2.24) is 5.32 Å². The van der Waals surface area contributed by atoms with Crippen LogP contribution in [-0.2, 0) is 16.0 Å². The monoisotopic (exact) mass is 303 g/mol. The summed E-state index contributed by atoms with van der Waals surface area (Å²) in [6, 6.07) is 12.2. The van der Waals surface area contributed by atoms with Crippen LogP contribution in [-0.4, -0.2) is 25.7 Å². The van der Waals surface area contributed by atoms with E-state index in [2.05, 4.69) is 29.1 Å². The average Bonchev–Trinajstić information content (AvgIpc) is 3.01. The van der Waals surface area contributed by atoms with Gasteiger partial charge in [-0.05, 0) is 41.3 Å². The molecule has 1 aromatic carbocycles. The number of hydrogen-bond donors (Lipinski definition) is 1. The van der Waals surface area contributed by atoms with Crippen LogP contribution in [0.25, 0.3) is 0 Å². The van der Waals surface area contributed by atoms with Crippen LogP contribution in [0.3, 0.4) is 0 Å². The first-order valence-corrected chi connectivity index (χ1v) is 8.02. The quantitative estimate of drug-likeness (QED) is 0.798. The van der Waals surface area contributed by atoms with Crippen LogP contribution in [0.2, 0.25) is 0 Å². The molecule has 3 nitrogen and oxygen atoms in total. The fourth-order valence-corrected chi connectivity index (χ4v) is 3.00. The van der Waals surface area contributed by atoms with Crippen molar-refractivity contribution in [3.63, 3.8) is 0 Å². The van der Waals surface area contributed by atoms with Gasteiger partial charge in [-0.2, -0.15) is 11.3 Å². The molecule has 1 heterocycles. The van der Waals surface area contributed by atoms with Crippen LogP contribution in [0, 0.1) is 0 Å². The molecule has 4 heteroatoms. The van der Waals surface area contributed by atoms with Crippen molar-refractivity contribution < 1.29 is 9.53 Å². The summed E-state index contributed by atoms with van der Waals surface area (Å²) in [5.74, 6) is -0.461. The van der Waals surface area contributed by atoms with Gasteiger partial charge in [0.25, 0.3) is 0 Å². The van der Waals surface area contributed by atoms with Gasteiger partial charge >= 0.3 is 5.97 Å². The Morgan fingerprint density at radius 2 is 2.05 bits per heavy atom. The molecule has 0 aliphatic heterocycles. The molecule has 0 radical (unpaired) electrons. The van der Waals surface area contributed by atoms with Crippen LogP contribution in [0.1, 0.15) is 24.0 Å². The highest BCUT2D eigenvalue weighted by molar-refractivity contribution is 7.07. The zero-order valence-corrected chi connectivity index (χ0v) is 13.2. The zero-order chi connectivity index (χ0) is 15.1. The van der Waals surface area contributed by atoms with Gasteiger partial charge in [-0.1, -0.05) is 30.3 Å². The van der Waals surface area contributed by atoms with Crippen molar-refractivity contribution in [3.8, 4) is 0 Å². The summed E-state index contributed by atoms with van der Waals surface area (Å²) in [5.41, 5.74) is 2.31. The number of benzene rings is 1. The van der Waals surface area contributed by atoms with Gasteiger partial charge in [0.1, 0.15) is 0 Å². The molecule has 0 spiro atoms. The Kier molecular flexibility index (Phi) is 5.96. The normalized spacial score (nSPS) is 13.6. The predicted molar refractivity (Wildman–Crippen MR) is 86.7 cm³/mol. The topological polar surface area (TPSA) is 38.3 Å². The summed E-state index contributed by atoms with van der Waals surface area (Å²) >= 11 is 1.71. The van der Waals surface area contributed by atoms with E-state index < -0.39 is 0 Å². The molecule has 2 unspecified atom stereocenters. The fraction of sp³-hybridized carbons (Fsp3) is 0.353. The van der Waals surface area contributed by atoms with E-state index in [4.69, 9.17) is 4.74 Å². The number of thiophene rings is 1. The maximum atomic E-state index is 12.0. The molecule has 0 saturated heterocycles. The van der Waals surface area contributed by atoms with E-state index in [-0.39, 0.29) is 11.9 Å². The fourth-order valence-electron chi connectivity index (χ4n) is 2.32. The molecule has 0 aliphatic rings. The van der Waals surface area contributed by atoms with E-state index in [1.807, 2.05) is 30.3 Å². The molecular weight excluding hydrogens is 282 g/mol. The van der Waals surface area contributed by atoms with Gasteiger partial charge in [-0.25, -0.2) is 0 Å². The lowest BCUT2D eigenvalue weighted by Gasteiger charge is -2.19. The smallest absolute Gasteiger partial charge is 0.314 e. The molecule has 2 atom stereocenters. The summed E-state index contributed by atoms with van der Waals surface area (Å²) in [4.78, 5) is 12.0. The van der Waals surface area contributed by atoms with Gasteiger partial charge in [-0.3, -0.25) is 4.79 Å². The first-order chi connectivity index (χ1) is 10.2. The summed E-state index contributed by atoms with van der Waals surface area (Å²) in [5, 5.41) is 7.68. The molecule has 0 saturated carbocycles. The minimum Gasteiger partial charge on any atom is -0.469 e. The molecule has 112 valence electrons. The number of methoxy groups -OCH3 is 1. The summed E-state index contributed by atoms with van der Waals surface area (Å²) in [7, 11) is 1.44. The first kappa shape index (κ1) is 15.7. The van der Waals surface area contributed by atoms with Gasteiger partial charge < -0.3 is 10.1 Å². The second-order valence-corrected chi connectivity index (χ2v) is 5.91. The minimum absolute atomic E-state index is 0.198. The van der Waals surface area contributed by atoms with E-state index in [1.54, 1.807) is 11.3 Å². The number of ether oxygens (including phenoxy) is 1. The van der Waals surface area contributed by atoms with Crippen molar-refractivity contribution in [3.05, 3.63) is 58.3 Å². The number of hydrogen-bond acceptors (Lipinski definition) is 4. The van der Waals surface area contributed by atoms with Crippen molar-refractivity contribution >= 4 is 17.3 Å². The van der Waals surface area contributed by atoms with Crippen molar-refractivity contribution in [2.75, 3.05) is 13.7 Å². The Bertz CT molecular complexity index is 539. The highest BCUT2D eigenvalue weighted by Crippen LogP contribution is 2.17. The van der Waals surface area contributed by atoms with Crippen LogP contribution >= 0.6 is 11.3 Å². The molecule has 21 heavy (non-hydrogen) atoms. The first-order valence-electron chi connectivity index (χ1n) is 7.08. The molecule has 0 amide bonds. The lowest BCUT2D eigenvalue weighted by Crippen LogP contribution is -2.34. The van der Waals surface area contributed by atoms with Crippen molar-refractivity contribution in [2.24, 2.45) is 0 Å². The molecule has 0 fully saturated rings. The largest absolute Gasteiger partial charge is 0.469 e. The van der Waals surface area contributed by atoms with Crippen molar-refractivity contribution in [1.29, 1.82) is 0 Å². The summed E-state index contributed by atoms with van der Waals surface area (Å²) < 4.78 is 4.93. The number of rotatable bonds is 7. The van der Waals surface area contributed by atoms with Gasteiger partial charge in [-0.15, -0.1) is 0 Å². The van der Waals surface area contributed by atoms with Crippen molar-refractivity contribution in [2.45, 2.75) is 25.3 Å². The van der Waals surface area contributed by atoms with E-state index in [0.29, 0.717) is 12.6 Å². The Morgan fingerprint density at radius 1 is 1.29 bits per heavy atom. The highest BCUT2D eigenvalue weighted by Gasteiger charge is 2.21. The third-order valence-electron chi connectivity index (χ3n) is 3.48. The third-order valence-corrected chi connectivity index (χ3v) is 4.21. The van der Waals surface area contributed by atoms with Gasteiger partial charge in [0.2, 0.25) is 0 Å². The lowest BCUT2D eigenvalue weighted by atomic mass is 9.98. The number of carbonyl (C=O) groups excluding carboxylic acids is 1. The van der Waals surface area contributed by atoms with E-state index in [0.717, 1.165) is 12.0 Å². The Labute approximate surface area is 130 Å². The van der Waals surface area contributed by atoms with Crippen LogP contribution < -0.4 is 5.32 Å². The number of esters is 1. The third kappa shape index (κ3) is 4.69. The van der Waals surface area contributed by atoms with Crippen LogP contribution in [0.5, 0.6) is 0 Å². The zero-order valence-electron chi connectivity index (χ0n) is 12.4. The minimum atomic E-state index is -0.263. The molecular formula is C17H21NO2S. The molecule has 0 bridgehead atoms. The van der Waals surface area contributed by atoms with Gasteiger partial charge in [0, 0.05) is 12.6 Å². The Balaban J connectivity index is 1.94. The Morgan fingerprint density at radius 3 is 2.67 bits per heavy atom.